The van der Waals surface area contributed by atoms with Gasteiger partial charge in [0.2, 0.25) is 0 Å². The van der Waals surface area contributed by atoms with Gasteiger partial charge in [0.15, 0.2) is 0 Å². The highest BCUT2D eigenvalue weighted by Crippen LogP contribution is 2.30. The average Bonchev–Trinajstić information content (AvgIpc) is 3.16. The van der Waals surface area contributed by atoms with Crippen LogP contribution < -0.4 is 0 Å². The van der Waals surface area contributed by atoms with E-state index in [4.69, 9.17) is 0 Å². The van der Waals surface area contributed by atoms with Crippen LogP contribution in [0.3, 0.4) is 0 Å². The van der Waals surface area contributed by atoms with Gasteiger partial charge in [-0.05, 0) is 49.5 Å². The minimum Gasteiger partial charge on any atom is -0.328 e. The molecular formula is C16H19N3S2. The summed E-state index contributed by atoms with van der Waals surface area (Å²) in [5.74, 6) is 1.07. The first-order valence-electron chi connectivity index (χ1n) is 6.92. The van der Waals surface area contributed by atoms with Crippen LogP contribution in [0.15, 0.2) is 41.4 Å². The van der Waals surface area contributed by atoms with E-state index in [0.717, 1.165) is 12.4 Å². The van der Waals surface area contributed by atoms with Crippen molar-refractivity contribution in [2.75, 3.05) is 14.1 Å². The number of thiophene rings is 2. The van der Waals surface area contributed by atoms with E-state index >= 15 is 0 Å². The van der Waals surface area contributed by atoms with Crippen molar-refractivity contribution in [3.63, 3.8) is 0 Å². The van der Waals surface area contributed by atoms with Crippen molar-refractivity contribution in [1.82, 2.24) is 14.5 Å². The largest absolute Gasteiger partial charge is 0.328 e. The van der Waals surface area contributed by atoms with E-state index in [9.17, 15) is 0 Å². The molecule has 3 heterocycles. The first kappa shape index (κ1) is 14.5. The molecule has 0 aliphatic heterocycles. The molecule has 0 bridgehead atoms. The first-order valence-corrected chi connectivity index (χ1v) is 8.68. The Morgan fingerprint density at radius 2 is 2.10 bits per heavy atom. The lowest BCUT2D eigenvalue weighted by Crippen LogP contribution is -2.24. The monoisotopic (exact) mass is 317 g/mol. The van der Waals surface area contributed by atoms with Crippen LogP contribution in [0.5, 0.6) is 0 Å². The molecule has 0 radical (unpaired) electrons. The van der Waals surface area contributed by atoms with Crippen LogP contribution in [0.1, 0.15) is 16.5 Å². The molecule has 0 fully saturated rings. The van der Waals surface area contributed by atoms with Crippen LogP contribution in [-0.2, 0) is 6.54 Å². The quantitative estimate of drug-likeness (QED) is 0.700. The fourth-order valence-corrected chi connectivity index (χ4v) is 4.29. The molecule has 3 nitrogen and oxygen atoms in total. The molecule has 0 N–H and O–H groups in total. The fourth-order valence-electron chi connectivity index (χ4n) is 2.44. The Balaban J connectivity index is 1.92. The van der Waals surface area contributed by atoms with Crippen molar-refractivity contribution in [3.8, 4) is 10.7 Å². The summed E-state index contributed by atoms with van der Waals surface area (Å²) in [4.78, 5) is 9.50. The zero-order chi connectivity index (χ0) is 14.8. The van der Waals surface area contributed by atoms with E-state index < -0.39 is 0 Å². The van der Waals surface area contributed by atoms with E-state index in [1.165, 1.54) is 15.3 Å². The zero-order valence-corrected chi connectivity index (χ0v) is 14.1. The summed E-state index contributed by atoms with van der Waals surface area (Å²) in [5.41, 5.74) is 1.30. The van der Waals surface area contributed by atoms with E-state index in [2.05, 4.69) is 70.6 Å². The maximum Gasteiger partial charge on any atom is 0.150 e. The van der Waals surface area contributed by atoms with Crippen molar-refractivity contribution in [1.29, 1.82) is 0 Å². The number of hydrogen-bond donors (Lipinski definition) is 0. The third kappa shape index (κ3) is 2.95. The molecule has 21 heavy (non-hydrogen) atoms. The molecule has 0 saturated carbocycles. The highest BCUT2D eigenvalue weighted by Gasteiger charge is 2.18. The number of likely N-dealkylation sites (N-methyl/N-ethyl adjacent to an activating group) is 1. The summed E-state index contributed by atoms with van der Waals surface area (Å²) in [6, 6.07) is 6.86. The Labute approximate surface area is 133 Å². The lowest BCUT2D eigenvalue weighted by Gasteiger charge is -2.24. The van der Waals surface area contributed by atoms with E-state index in [1.54, 1.807) is 11.3 Å². The van der Waals surface area contributed by atoms with Gasteiger partial charge >= 0.3 is 0 Å². The van der Waals surface area contributed by atoms with E-state index in [0.29, 0.717) is 6.04 Å². The molecule has 0 saturated heterocycles. The molecule has 0 spiro atoms. The molecule has 0 aliphatic carbocycles. The van der Waals surface area contributed by atoms with Crippen molar-refractivity contribution >= 4 is 22.7 Å². The first-order chi connectivity index (χ1) is 10.2. The lowest BCUT2D eigenvalue weighted by molar-refractivity contribution is 0.274. The zero-order valence-electron chi connectivity index (χ0n) is 12.5. The molecule has 1 atom stereocenters. The standard InChI is InChI=1S/C16H19N3S2/c1-12-6-10-21-15(12)16-17-7-8-19(16)11-13(18(2)3)14-5-4-9-20-14/h4-10,13H,11H2,1-3H3/t13-/m0/s1. The highest BCUT2D eigenvalue weighted by atomic mass is 32.1. The summed E-state index contributed by atoms with van der Waals surface area (Å²) in [5, 5.41) is 4.27. The molecule has 3 aromatic heterocycles. The minimum atomic E-state index is 0.373. The SMILES string of the molecule is Cc1ccsc1-c1nccn1C[C@@H](c1cccs1)N(C)C. The van der Waals surface area contributed by atoms with Crippen molar-refractivity contribution in [2.24, 2.45) is 0 Å². The topological polar surface area (TPSA) is 21.1 Å². The number of aromatic nitrogens is 2. The normalized spacial score (nSPS) is 13.0. The van der Waals surface area contributed by atoms with Gasteiger partial charge in [-0.25, -0.2) is 4.98 Å². The van der Waals surface area contributed by atoms with Crippen molar-refractivity contribution < 1.29 is 0 Å². The molecule has 3 rings (SSSR count). The van der Waals surface area contributed by atoms with E-state index in [1.807, 2.05) is 17.5 Å². The van der Waals surface area contributed by atoms with Gasteiger partial charge in [-0.3, -0.25) is 0 Å². The van der Waals surface area contributed by atoms with Gasteiger partial charge in [-0.15, -0.1) is 22.7 Å². The Bertz CT molecular complexity index is 695. The second-order valence-corrected chi connectivity index (χ2v) is 7.23. The van der Waals surface area contributed by atoms with Gasteiger partial charge < -0.3 is 9.47 Å². The smallest absolute Gasteiger partial charge is 0.150 e. The molecule has 0 aliphatic rings. The van der Waals surface area contributed by atoms with E-state index in [-0.39, 0.29) is 0 Å². The summed E-state index contributed by atoms with van der Waals surface area (Å²) in [7, 11) is 4.27. The average molecular weight is 317 g/mol. The molecule has 110 valence electrons. The highest BCUT2D eigenvalue weighted by molar-refractivity contribution is 7.13. The van der Waals surface area contributed by atoms with Crippen molar-refractivity contribution in [2.45, 2.75) is 19.5 Å². The van der Waals surface area contributed by atoms with Crippen LogP contribution in [0.4, 0.5) is 0 Å². The van der Waals surface area contributed by atoms with Crippen LogP contribution in [0.25, 0.3) is 10.7 Å². The van der Waals surface area contributed by atoms with Gasteiger partial charge in [0.05, 0.1) is 10.9 Å². The molecule has 0 unspecified atom stereocenters. The van der Waals surface area contributed by atoms with Gasteiger partial charge in [-0.2, -0.15) is 0 Å². The molecule has 3 aromatic rings. The Morgan fingerprint density at radius 3 is 2.71 bits per heavy atom. The number of rotatable bonds is 5. The van der Waals surface area contributed by atoms with Crippen LogP contribution in [0.2, 0.25) is 0 Å². The second kappa shape index (κ2) is 6.13. The summed E-state index contributed by atoms with van der Waals surface area (Å²) in [6.45, 7) is 3.06. The third-order valence-corrected chi connectivity index (χ3v) is 5.63. The van der Waals surface area contributed by atoms with Crippen LogP contribution >= 0.6 is 22.7 Å². The number of nitrogens with zero attached hydrogens (tertiary/aromatic N) is 3. The maximum atomic E-state index is 4.57. The molecular weight excluding hydrogens is 298 g/mol. The van der Waals surface area contributed by atoms with Gasteiger partial charge in [0.1, 0.15) is 5.82 Å². The predicted octanol–water partition coefficient (Wildman–Crippen LogP) is 4.28. The Morgan fingerprint density at radius 1 is 1.24 bits per heavy atom. The van der Waals surface area contributed by atoms with Crippen LogP contribution in [0, 0.1) is 6.92 Å². The Hall–Kier alpha value is -1.43. The third-order valence-electron chi connectivity index (χ3n) is 3.65. The summed E-state index contributed by atoms with van der Waals surface area (Å²) in [6.07, 6.45) is 3.98. The van der Waals surface area contributed by atoms with Gasteiger partial charge in [0, 0.05) is 23.8 Å². The van der Waals surface area contributed by atoms with Gasteiger partial charge in [0.25, 0.3) is 0 Å². The number of hydrogen-bond acceptors (Lipinski definition) is 4. The predicted molar refractivity (Wildman–Crippen MR) is 91.0 cm³/mol. The number of imidazole rings is 1. The Kier molecular flexibility index (Phi) is 4.24. The van der Waals surface area contributed by atoms with Gasteiger partial charge in [-0.1, -0.05) is 6.07 Å². The number of aryl methyl sites for hydroxylation is 1. The fraction of sp³-hybridized carbons (Fsp3) is 0.312. The summed E-state index contributed by atoms with van der Waals surface area (Å²) < 4.78 is 2.27. The molecule has 5 heteroatoms. The summed E-state index contributed by atoms with van der Waals surface area (Å²) >= 11 is 3.57. The molecule has 0 aromatic carbocycles. The second-order valence-electron chi connectivity index (χ2n) is 5.33. The molecule has 0 amide bonds. The van der Waals surface area contributed by atoms with Crippen LogP contribution in [-0.4, -0.2) is 28.5 Å². The lowest BCUT2D eigenvalue weighted by atomic mass is 10.2. The van der Waals surface area contributed by atoms with Crippen molar-refractivity contribution in [3.05, 3.63) is 51.8 Å². The minimum absolute atomic E-state index is 0.373. The maximum absolute atomic E-state index is 4.57.